The average molecular weight is 1020 g/mol. The Kier molecular flexibility index (Phi) is 29.0. The molecule has 0 radical (unpaired) electrons. The number of aliphatic imine (C=N–C) groups is 3. The number of allylic oxidation sites excluding steroid dienone is 12. The molecule has 2 fully saturated rings. The quantitative estimate of drug-likeness (QED) is 0.0386. The molecule has 406 valence electrons. The van der Waals surface area contributed by atoms with Crippen LogP contribution in [0.25, 0.3) is 0 Å². The number of likely N-dealkylation sites (tertiary alicyclic amines) is 2. The highest BCUT2D eigenvalue weighted by Crippen LogP contribution is 2.41. The van der Waals surface area contributed by atoms with Gasteiger partial charge in [0.25, 0.3) is 0 Å². The summed E-state index contributed by atoms with van der Waals surface area (Å²) in [6.07, 6.45) is 32.5. The second-order valence-corrected chi connectivity index (χ2v) is 20.7. The number of amides is 2. The summed E-state index contributed by atoms with van der Waals surface area (Å²) in [7, 11) is 3.90. The molecule has 2 unspecified atom stereocenters. The monoisotopic (exact) mass is 1020 g/mol. The van der Waals surface area contributed by atoms with Gasteiger partial charge in [0.15, 0.2) is 0 Å². The van der Waals surface area contributed by atoms with Gasteiger partial charge in [-0.25, -0.2) is 4.99 Å². The third-order valence-electron chi connectivity index (χ3n) is 13.7. The number of methoxy groups -OCH3 is 1. The minimum absolute atomic E-state index is 0.0417. The Morgan fingerprint density at radius 2 is 1.69 bits per heavy atom. The van der Waals surface area contributed by atoms with Crippen LogP contribution in [-0.4, -0.2) is 125 Å². The number of rotatable bonds is 27. The first-order valence-electron chi connectivity index (χ1n) is 26.3. The van der Waals surface area contributed by atoms with Gasteiger partial charge < -0.3 is 39.7 Å². The fourth-order valence-electron chi connectivity index (χ4n) is 8.80. The standard InChI is InChI=1S/C54H79N9O3.C5H12O.C2H2/c1-12-46(34-61-35-54(36-61)27-29-62(37-54)50(14-3)17-15-16-42(6)18-19-43(7)59-39-64)26-28-60(11)51-24-22-49(23-25-51)58-38-57-44(8)48(32-55-10)21-20-47(13-2)52(41(4)5)33-56-53-45(9)63(40-65)30-31-66-53;1-5(2,3)6-4;1-2/h13-15,17,20-25,32-33,39-40,42,46,58H,7,10,12,16,18-19,26-31,34-38H2,1-6,8-9,11H3,(H,59,64);1-4H3;1-2H/b17-15-,21-20-,47-13+,48-32-,50-14+,56-33-,57-44-;;. The predicted octanol–water partition coefficient (Wildman–Crippen LogP) is 11.8. The maximum atomic E-state index is 11.4. The maximum absolute atomic E-state index is 11.4. The second kappa shape index (κ2) is 33.6. The van der Waals surface area contributed by atoms with Crippen LogP contribution in [0.2, 0.25) is 0 Å². The molecule has 1 aromatic carbocycles. The summed E-state index contributed by atoms with van der Waals surface area (Å²) >= 11 is 0. The van der Waals surface area contributed by atoms with E-state index >= 15 is 0 Å². The molecule has 2 amide bonds. The van der Waals surface area contributed by atoms with E-state index in [1.165, 1.54) is 50.3 Å². The van der Waals surface area contributed by atoms with Gasteiger partial charge in [0.05, 0.1) is 17.8 Å². The summed E-state index contributed by atoms with van der Waals surface area (Å²) in [4.78, 5) is 44.8. The Balaban J connectivity index is 0.00000218. The van der Waals surface area contributed by atoms with Crippen molar-refractivity contribution in [1.82, 2.24) is 20.0 Å². The van der Waals surface area contributed by atoms with Crippen LogP contribution in [0.1, 0.15) is 115 Å². The van der Waals surface area contributed by atoms with Crippen molar-refractivity contribution < 1.29 is 19.1 Å². The predicted molar refractivity (Wildman–Crippen MR) is 314 cm³/mol. The molecule has 0 aliphatic carbocycles. The van der Waals surface area contributed by atoms with Crippen LogP contribution >= 0.6 is 0 Å². The largest absolute Gasteiger partial charge is 0.475 e. The third-order valence-corrected chi connectivity index (χ3v) is 13.7. The van der Waals surface area contributed by atoms with E-state index in [1.807, 2.05) is 73.6 Å². The van der Waals surface area contributed by atoms with Crippen molar-refractivity contribution in [1.29, 1.82) is 0 Å². The lowest BCUT2D eigenvalue weighted by Gasteiger charge is -2.49. The molecule has 0 saturated carbocycles. The Morgan fingerprint density at radius 3 is 2.27 bits per heavy atom. The van der Waals surface area contributed by atoms with Crippen molar-refractivity contribution in [3.05, 3.63) is 119 Å². The Labute approximate surface area is 447 Å². The average Bonchev–Trinajstić information content (AvgIpc) is 3.82. The summed E-state index contributed by atoms with van der Waals surface area (Å²) < 4.78 is 10.7. The number of ether oxygens (including phenoxy) is 2. The zero-order valence-corrected chi connectivity index (χ0v) is 47.7. The molecule has 3 aliphatic rings. The molecule has 0 aromatic heterocycles. The van der Waals surface area contributed by atoms with E-state index in [1.54, 1.807) is 24.4 Å². The fourth-order valence-corrected chi connectivity index (χ4v) is 8.80. The van der Waals surface area contributed by atoms with E-state index in [-0.39, 0.29) is 5.60 Å². The van der Waals surface area contributed by atoms with Gasteiger partial charge in [-0.3, -0.25) is 19.6 Å². The van der Waals surface area contributed by atoms with Crippen LogP contribution in [-0.2, 0) is 19.1 Å². The molecule has 13 heteroatoms. The summed E-state index contributed by atoms with van der Waals surface area (Å²) in [6, 6.07) is 8.61. The van der Waals surface area contributed by atoms with E-state index in [0.717, 1.165) is 84.7 Å². The van der Waals surface area contributed by atoms with E-state index in [2.05, 4.69) is 132 Å². The molecule has 13 nitrogen and oxygen atoms in total. The van der Waals surface area contributed by atoms with Crippen molar-refractivity contribution in [3.63, 3.8) is 0 Å². The lowest BCUT2D eigenvalue weighted by atomic mass is 9.78. The number of nitrogens with zero attached hydrogens (tertiary/aromatic N) is 7. The van der Waals surface area contributed by atoms with Crippen LogP contribution in [0.15, 0.2) is 134 Å². The third kappa shape index (κ3) is 22.1. The first-order chi connectivity index (χ1) is 35.3. The van der Waals surface area contributed by atoms with Crippen molar-refractivity contribution in [3.8, 4) is 12.8 Å². The van der Waals surface area contributed by atoms with E-state index in [9.17, 15) is 9.59 Å². The molecule has 1 aromatic rings. The normalized spacial score (nSPS) is 17.2. The highest BCUT2D eigenvalue weighted by Gasteiger charge is 2.47. The van der Waals surface area contributed by atoms with Gasteiger partial charge in [-0.05, 0) is 154 Å². The van der Waals surface area contributed by atoms with Crippen molar-refractivity contribution >= 4 is 42.8 Å². The summed E-state index contributed by atoms with van der Waals surface area (Å²) in [5.74, 6) is 1.66. The van der Waals surface area contributed by atoms with E-state index < -0.39 is 0 Å². The molecule has 4 rings (SSSR count). The number of terminal acetylenes is 1. The van der Waals surface area contributed by atoms with Crippen LogP contribution < -0.4 is 15.5 Å². The fraction of sp³-hybridized carbons (Fsp3) is 0.525. The number of nitrogens with one attached hydrogen (secondary N) is 2. The molecule has 1 spiro atoms. The van der Waals surface area contributed by atoms with Gasteiger partial charge in [0.2, 0.25) is 18.7 Å². The van der Waals surface area contributed by atoms with Crippen molar-refractivity contribution in [2.75, 3.05) is 83.5 Å². The SMILES string of the molecule is C#C.C=N/C=C(/C=C\C(=C/C)C(/C=N\C1=C(C)N(C=O)CCO1)=C(C)C)C(\C)=N/CNc1ccc(N(C)CCC(CC)CN2CC3(CCN(C(/C=C\CC(C)CCC(=C)NC=O)=C/C)C3)C2)cc1.COC(C)(C)C. The zero-order chi connectivity index (χ0) is 55.3. The van der Waals surface area contributed by atoms with Gasteiger partial charge in [-0.2, -0.15) is 0 Å². The molecule has 2 saturated heterocycles. The molecular formula is C61H93N9O4. The zero-order valence-electron chi connectivity index (χ0n) is 47.7. The number of hydrogen-bond donors (Lipinski definition) is 2. The van der Waals surface area contributed by atoms with Gasteiger partial charge in [0, 0.05) is 105 Å². The van der Waals surface area contributed by atoms with Crippen molar-refractivity contribution in [2.45, 2.75) is 120 Å². The minimum atomic E-state index is 0.0417. The molecular weight excluding hydrogens is 923 g/mol. The number of carbonyl (C=O) groups is 2. The van der Waals surface area contributed by atoms with Crippen LogP contribution in [0, 0.1) is 30.1 Å². The number of carbonyl (C=O) groups excluding carboxylic acids is 2. The lowest BCUT2D eigenvalue weighted by Crippen LogP contribution is -2.58. The lowest BCUT2D eigenvalue weighted by molar-refractivity contribution is -0.118. The highest BCUT2D eigenvalue weighted by atomic mass is 16.5. The smallest absolute Gasteiger partial charge is 0.233 e. The molecule has 0 bridgehead atoms. The number of benzene rings is 1. The highest BCUT2D eigenvalue weighted by molar-refractivity contribution is 6.01. The Bertz CT molecular complexity index is 2240. The van der Waals surface area contributed by atoms with Gasteiger partial charge in [-0.15, -0.1) is 12.8 Å². The second-order valence-electron chi connectivity index (χ2n) is 20.7. The topological polar surface area (TPSA) is 127 Å². The molecule has 2 atom stereocenters. The van der Waals surface area contributed by atoms with E-state index in [4.69, 9.17) is 14.5 Å². The molecule has 3 heterocycles. The maximum Gasteiger partial charge on any atom is 0.233 e. The van der Waals surface area contributed by atoms with Gasteiger partial charge in [-0.1, -0.05) is 62.8 Å². The van der Waals surface area contributed by atoms with Gasteiger partial charge in [0.1, 0.15) is 13.3 Å². The number of hydrogen-bond acceptors (Lipinski definition) is 11. The van der Waals surface area contributed by atoms with Gasteiger partial charge >= 0.3 is 0 Å². The van der Waals surface area contributed by atoms with Crippen LogP contribution in [0.5, 0.6) is 0 Å². The van der Waals surface area contributed by atoms with Crippen molar-refractivity contribution in [2.24, 2.45) is 32.2 Å². The van der Waals surface area contributed by atoms with E-state index in [0.29, 0.717) is 55.1 Å². The molecule has 2 N–H and O–H groups in total. The molecule has 3 aliphatic heterocycles. The summed E-state index contributed by atoms with van der Waals surface area (Å²) in [6.45, 7) is 38.5. The Morgan fingerprint density at radius 1 is 1.01 bits per heavy atom. The van der Waals surface area contributed by atoms with Crippen LogP contribution in [0.4, 0.5) is 11.4 Å². The van der Waals surface area contributed by atoms with Crippen LogP contribution in [0.3, 0.4) is 0 Å². The minimum Gasteiger partial charge on any atom is -0.475 e. The Hall–Kier alpha value is -6.23. The number of anilines is 2. The molecule has 74 heavy (non-hydrogen) atoms. The summed E-state index contributed by atoms with van der Waals surface area (Å²) in [5, 5.41) is 6.12. The first-order valence-corrected chi connectivity index (χ1v) is 26.3. The summed E-state index contributed by atoms with van der Waals surface area (Å²) in [5.41, 5.74) is 10.2. The first kappa shape index (κ1) is 63.9.